The molecule has 0 spiro atoms. The van der Waals surface area contributed by atoms with E-state index in [1.165, 1.54) is 16.4 Å². The van der Waals surface area contributed by atoms with Gasteiger partial charge in [0, 0.05) is 32.8 Å². The Bertz CT molecular complexity index is 773. The molecule has 1 atom stereocenters. The van der Waals surface area contributed by atoms with Crippen molar-refractivity contribution in [2.75, 3.05) is 32.8 Å². The molecule has 138 valence electrons. The normalized spacial score (nSPS) is 22.4. The van der Waals surface area contributed by atoms with Gasteiger partial charge in [0.25, 0.3) is 5.91 Å². The van der Waals surface area contributed by atoms with Crippen LogP contribution in [0.5, 0.6) is 0 Å². The molecule has 0 saturated carbocycles. The number of piperazine rings is 1. The molecule has 0 aromatic heterocycles. The number of carbonyl (C=O) groups excluding carboxylic acids is 1. The molecule has 0 N–H and O–H groups in total. The van der Waals surface area contributed by atoms with Gasteiger partial charge in [-0.2, -0.15) is 4.31 Å². The molecular weight excluding hydrogens is 411 g/mol. The second-order valence-corrected chi connectivity index (χ2v) is 9.06. The zero-order valence-electron chi connectivity index (χ0n) is 13.3. The highest BCUT2D eigenvalue weighted by molar-refractivity contribution is 7.89. The van der Waals surface area contributed by atoms with E-state index in [0.29, 0.717) is 19.7 Å². The van der Waals surface area contributed by atoms with Crippen LogP contribution in [0, 0.1) is 0 Å². The predicted molar refractivity (Wildman–Crippen MR) is 95.8 cm³/mol. The summed E-state index contributed by atoms with van der Waals surface area (Å²) < 4.78 is 32.3. The van der Waals surface area contributed by atoms with Crippen LogP contribution in [0.4, 0.5) is 0 Å². The van der Waals surface area contributed by atoms with Gasteiger partial charge in [-0.1, -0.05) is 34.8 Å². The minimum atomic E-state index is -3.81. The molecule has 2 fully saturated rings. The Balaban J connectivity index is 1.71. The van der Waals surface area contributed by atoms with Crippen molar-refractivity contribution in [2.45, 2.75) is 23.8 Å². The van der Waals surface area contributed by atoms with E-state index in [1.54, 1.807) is 4.90 Å². The van der Waals surface area contributed by atoms with Crippen LogP contribution >= 0.6 is 34.8 Å². The van der Waals surface area contributed by atoms with Crippen molar-refractivity contribution in [2.24, 2.45) is 0 Å². The lowest BCUT2D eigenvalue weighted by molar-refractivity contribution is -0.142. The first-order valence-corrected chi connectivity index (χ1v) is 10.4. The lowest BCUT2D eigenvalue weighted by Gasteiger charge is -2.35. The molecular formula is C15H17Cl3N2O4S. The minimum Gasteiger partial charge on any atom is -0.368 e. The molecule has 1 amide bonds. The maximum atomic E-state index is 12.8. The van der Waals surface area contributed by atoms with Crippen LogP contribution in [0.3, 0.4) is 0 Å². The molecule has 1 aromatic carbocycles. The van der Waals surface area contributed by atoms with Gasteiger partial charge >= 0.3 is 0 Å². The van der Waals surface area contributed by atoms with Gasteiger partial charge in [0.05, 0.1) is 15.1 Å². The summed E-state index contributed by atoms with van der Waals surface area (Å²) in [6, 6.07) is 2.57. The Morgan fingerprint density at radius 2 is 1.68 bits per heavy atom. The first-order valence-electron chi connectivity index (χ1n) is 7.86. The van der Waals surface area contributed by atoms with Crippen LogP contribution in [0.1, 0.15) is 12.8 Å². The molecule has 2 saturated heterocycles. The maximum absolute atomic E-state index is 12.8. The highest BCUT2D eigenvalue weighted by atomic mass is 35.5. The Morgan fingerprint density at radius 3 is 2.28 bits per heavy atom. The van der Waals surface area contributed by atoms with Crippen LogP contribution < -0.4 is 0 Å². The monoisotopic (exact) mass is 426 g/mol. The largest absolute Gasteiger partial charge is 0.368 e. The molecule has 0 radical (unpaired) electrons. The second kappa shape index (κ2) is 7.58. The minimum absolute atomic E-state index is 0.0206. The fourth-order valence-electron chi connectivity index (χ4n) is 2.97. The number of sulfonamides is 1. The van der Waals surface area contributed by atoms with Crippen LogP contribution in [0.2, 0.25) is 15.1 Å². The standard InChI is InChI=1S/C15H17Cl3N2O4S/c16-10-8-12(18)14(9-11(10)17)25(22,23)20-5-3-19(4-6-20)15(21)13-2-1-7-24-13/h8-9,13H,1-7H2. The van der Waals surface area contributed by atoms with E-state index in [2.05, 4.69) is 0 Å². The summed E-state index contributed by atoms with van der Waals surface area (Å²) in [4.78, 5) is 13.9. The van der Waals surface area contributed by atoms with E-state index in [9.17, 15) is 13.2 Å². The van der Waals surface area contributed by atoms with E-state index in [-0.39, 0.29) is 39.0 Å². The number of halogens is 3. The zero-order valence-corrected chi connectivity index (χ0v) is 16.3. The first-order chi connectivity index (χ1) is 11.8. The van der Waals surface area contributed by atoms with Crippen molar-refractivity contribution in [1.82, 2.24) is 9.21 Å². The summed E-state index contributed by atoms with van der Waals surface area (Å²) in [5.41, 5.74) is 0. The summed E-state index contributed by atoms with van der Waals surface area (Å²) in [5.74, 6) is -0.0675. The number of hydrogen-bond donors (Lipinski definition) is 0. The van der Waals surface area contributed by atoms with Gasteiger partial charge in [-0.25, -0.2) is 8.42 Å². The van der Waals surface area contributed by atoms with Crippen molar-refractivity contribution in [3.8, 4) is 0 Å². The summed E-state index contributed by atoms with van der Waals surface area (Å²) in [5, 5.41) is 0.335. The van der Waals surface area contributed by atoms with Crippen LogP contribution in [0.25, 0.3) is 0 Å². The van der Waals surface area contributed by atoms with Crippen molar-refractivity contribution in [1.29, 1.82) is 0 Å². The van der Waals surface area contributed by atoms with Crippen molar-refractivity contribution >= 4 is 50.7 Å². The van der Waals surface area contributed by atoms with Gasteiger partial charge in [-0.3, -0.25) is 4.79 Å². The number of rotatable bonds is 3. The van der Waals surface area contributed by atoms with Crippen LogP contribution in [-0.2, 0) is 19.6 Å². The summed E-state index contributed by atoms with van der Waals surface area (Å²) in [6.45, 7) is 1.61. The average Bonchev–Trinajstić information content (AvgIpc) is 3.12. The fraction of sp³-hybridized carbons (Fsp3) is 0.533. The molecule has 6 nitrogen and oxygen atoms in total. The van der Waals surface area contributed by atoms with E-state index in [0.717, 1.165) is 12.8 Å². The lowest BCUT2D eigenvalue weighted by Crippen LogP contribution is -2.52. The summed E-state index contributed by atoms with van der Waals surface area (Å²) >= 11 is 17.8. The molecule has 0 bridgehead atoms. The third-order valence-corrected chi connectivity index (χ3v) is 7.43. The lowest BCUT2D eigenvalue weighted by atomic mass is 10.2. The quantitative estimate of drug-likeness (QED) is 0.696. The molecule has 2 heterocycles. The van der Waals surface area contributed by atoms with E-state index < -0.39 is 16.1 Å². The molecule has 0 aliphatic carbocycles. The van der Waals surface area contributed by atoms with E-state index >= 15 is 0 Å². The molecule has 1 unspecified atom stereocenters. The summed E-state index contributed by atoms with van der Waals surface area (Å²) in [6.07, 6.45) is 1.20. The predicted octanol–water partition coefficient (Wildman–Crippen LogP) is 2.66. The first kappa shape index (κ1) is 19.2. The number of nitrogens with zero attached hydrogens (tertiary/aromatic N) is 2. The van der Waals surface area contributed by atoms with Crippen LogP contribution in [0.15, 0.2) is 17.0 Å². The van der Waals surface area contributed by atoms with Gasteiger partial charge in [0.15, 0.2) is 0 Å². The third-order valence-electron chi connectivity index (χ3n) is 4.35. The molecule has 3 rings (SSSR count). The second-order valence-electron chi connectivity index (χ2n) is 5.93. The number of benzene rings is 1. The van der Waals surface area contributed by atoms with E-state index in [1.807, 2.05) is 0 Å². The Hall–Kier alpha value is -0.570. The SMILES string of the molecule is O=C(C1CCCO1)N1CCN(S(=O)(=O)c2cc(Cl)c(Cl)cc2Cl)CC1. The highest BCUT2D eigenvalue weighted by Crippen LogP contribution is 2.33. The zero-order chi connectivity index (χ0) is 18.2. The van der Waals surface area contributed by atoms with Gasteiger partial charge in [0.1, 0.15) is 11.0 Å². The molecule has 2 aliphatic heterocycles. The Labute approximate surface area is 161 Å². The van der Waals surface area contributed by atoms with Crippen LogP contribution in [-0.4, -0.2) is 62.4 Å². The number of carbonyl (C=O) groups is 1. The average molecular weight is 428 g/mol. The number of hydrogen-bond acceptors (Lipinski definition) is 4. The smallest absolute Gasteiger partial charge is 0.251 e. The highest BCUT2D eigenvalue weighted by Gasteiger charge is 2.35. The van der Waals surface area contributed by atoms with Crippen molar-refractivity contribution in [3.63, 3.8) is 0 Å². The Kier molecular flexibility index (Phi) is 5.82. The van der Waals surface area contributed by atoms with Gasteiger partial charge < -0.3 is 9.64 Å². The molecule has 2 aliphatic rings. The third kappa shape index (κ3) is 3.91. The van der Waals surface area contributed by atoms with E-state index in [4.69, 9.17) is 39.5 Å². The maximum Gasteiger partial charge on any atom is 0.251 e. The van der Waals surface area contributed by atoms with Crippen molar-refractivity contribution < 1.29 is 17.9 Å². The molecule has 10 heteroatoms. The molecule has 1 aromatic rings. The van der Waals surface area contributed by atoms with Crippen molar-refractivity contribution in [3.05, 3.63) is 27.2 Å². The number of amides is 1. The topological polar surface area (TPSA) is 66.9 Å². The molecule has 25 heavy (non-hydrogen) atoms. The number of ether oxygens (including phenoxy) is 1. The van der Waals surface area contributed by atoms with Gasteiger partial charge in [0.2, 0.25) is 10.0 Å². The fourth-order valence-corrected chi connectivity index (χ4v) is 5.36. The van der Waals surface area contributed by atoms with Gasteiger partial charge in [-0.05, 0) is 25.0 Å². The summed E-state index contributed by atoms with van der Waals surface area (Å²) in [7, 11) is -3.81. The Morgan fingerprint density at radius 1 is 1.04 bits per heavy atom. The van der Waals surface area contributed by atoms with Gasteiger partial charge in [-0.15, -0.1) is 0 Å².